The molecule has 0 spiro atoms. The van der Waals surface area contributed by atoms with Gasteiger partial charge in [-0.25, -0.2) is 0 Å². The van der Waals surface area contributed by atoms with E-state index < -0.39 is 17.5 Å². The van der Waals surface area contributed by atoms with Gasteiger partial charge in [-0.15, -0.1) is 0 Å². The Kier molecular flexibility index (Phi) is 5.53. The lowest BCUT2D eigenvalue weighted by molar-refractivity contribution is -0.123. The van der Waals surface area contributed by atoms with Gasteiger partial charge in [-0.2, -0.15) is 0 Å². The number of nitrogens with two attached hydrogens (primary N) is 3. The maximum atomic E-state index is 11.4. The summed E-state index contributed by atoms with van der Waals surface area (Å²) < 4.78 is 0. The van der Waals surface area contributed by atoms with Gasteiger partial charge in [0.2, 0.25) is 5.91 Å². The quantitative estimate of drug-likeness (QED) is 0.730. The molecule has 0 aliphatic carbocycles. The van der Waals surface area contributed by atoms with Gasteiger partial charge >= 0.3 is 0 Å². The van der Waals surface area contributed by atoms with Crippen molar-refractivity contribution in [2.24, 2.45) is 17.2 Å². The number of primary amides is 1. The van der Waals surface area contributed by atoms with Gasteiger partial charge in [0.15, 0.2) is 0 Å². The van der Waals surface area contributed by atoms with Crippen molar-refractivity contribution in [3.8, 4) is 0 Å². The summed E-state index contributed by atoms with van der Waals surface area (Å²) in [4.78, 5) is 11.4. The van der Waals surface area contributed by atoms with Gasteiger partial charge in [0.05, 0.1) is 6.04 Å². The van der Waals surface area contributed by atoms with E-state index in [2.05, 4.69) is 24.3 Å². The molecule has 0 aliphatic heterocycles. The SMILES string of the molecule is CC(N)(C(N)=O)C(N)c1ccc(CCCc2ccccc2)cc1. The molecule has 1 amide bonds. The maximum absolute atomic E-state index is 11.4. The minimum atomic E-state index is -1.26. The van der Waals surface area contributed by atoms with Crippen LogP contribution in [0.1, 0.15) is 36.1 Å². The van der Waals surface area contributed by atoms with Gasteiger partial charge in [0, 0.05) is 0 Å². The predicted octanol–water partition coefficient (Wildman–Crippen LogP) is 2.06. The molecule has 0 radical (unpaired) electrons. The van der Waals surface area contributed by atoms with E-state index >= 15 is 0 Å². The Labute approximate surface area is 137 Å². The highest BCUT2D eigenvalue weighted by molar-refractivity contribution is 5.85. The average Bonchev–Trinajstić information content (AvgIpc) is 2.55. The first kappa shape index (κ1) is 17.2. The highest BCUT2D eigenvalue weighted by Gasteiger charge is 2.34. The van der Waals surface area contributed by atoms with Gasteiger partial charge < -0.3 is 17.2 Å². The van der Waals surface area contributed by atoms with Gasteiger partial charge in [-0.1, -0.05) is 54.6 Å². The second-order valence-corrected chi connectivity index (χ2v) is 6.21. The molecule has 0 heterocycles. The number of rotatable bonds is 7. The smallest absolute Gasteiger partial charge is 0.239 e. The first-order chi connectivity index (χ1) is 10.9. The molecule has 4 nitrogen and oxygen atoms in total. The summed E-state index contributed by atoms with van der Waals surface area (Å²) >= 11 is 0. The lowest BCUT2D eigenvalue weighted by atomic mass is 9.87. The lowest BCUT2D eigenvalue weighted by Gasteiger charge is -2.28. The topological polar surface area (TPSA) is 95.1 Å². The van der Waals surface area contributed by atoms with E-state index in [1.165, 1.54) is 11.1 Å². The van der Waals surface area contributed by atoms with Crippen molar-refractivity contribution in [1.29, 1.82) is 0 Å². The second kappa shape index (κ2) is 7.40. The monoisotopic (exact) mass is 311 g/mol. The molecule has 0 aliphatic rings. The van der Waals surface area contributed by atoms with Crippen LogP contribution in [0.5, 0.6) is 0 Å². The fraction of sp³-hybridized carbons (Fsp3) is 0.316. The minimum absolute atomic E-state index is 0.600. The molecule has 2 rings (SSSR count). The van der Waals surface area contributed by atoms with Gasteiger partial charge in [-0.3, -0.25) is 4.79 Å². The molecule has 2 aromatic rings. The molecule has 0 bridgehead atoms. The molecule has 2 atom stereocenters. The number of hydrogen-bond donors (Lipinski definition) is 3. The molecule has 4 heteroatoms. The molecule has 0 fully saturated rings. The van der Waals surface area contributed by atoms with Gasteiger partial charge in [-0.05, 0) is 42.9 Å². The van der Waals surface area contributed by atoms with E-state index in [1.807, 2.05) is 30.3 Å². The van der Waals surface area contributed by atoms with Crippen LogP contribution in [0.3, 0.4) is 0 Å². The van der Waals surface area contributed by atoms with Crippen molar-refractivity contribution in [3.05, 3.63) is 71.3 Å². The summed E-state index contributed by atoms with van der Waals surface area (Å²) in [6, 6.07) is 17.8. The van der Waals surface area contributed by atoms with E-state index in [0.29, 0.717) is 0 Å². The Bertz CT molecular complexity index is 635. The molecule has 0 saturated carbocycles. The second-order valence-electron chi connectivity index (χ2n) is 6.21. The Balaban J connectivity index is 1.93. The molecule has 6 N–H and O–H groups in total. The zero-order chi connectivity index (χ0) is 16.9. The number of benzene rings is 2. The third kappa shape index (κ3) is 4.41. The largest absolute Gasteiger partial charge is 0.368 e. The first-order valence-electron chi connectivity index (χ1n) is 7.88. The summed E-state index contributed by atoms with van der Waals surface area (Å²) in [6.45, 7) is 1.56. The molecular weight excluding hydrogens is 286 g/mol. The Hall–Kier alpha value is -2.17. The van der Waals surface area contributed by atoms with Crippen LogP contribution in [0.4, 0.5) is 0 Å². The normalized spacial score (nSPS) is 14.9. The molecular formula is C19H25N3O. The fourth-order valence-electron chi connectivity index (χ4n) is 2.53. The molecule has 2 aromatic carbocycles. The van der Waals surface area contributed by atoms with Crippen LogP contribution in [-0.4, -0.2) is 11.4 Å². The average molecular weight is 311 g/mol. The van der Waals surface area contributed by atoms with Crippen LogP contribution in [-0.2, 0) is 17.6 Å². The molecule has 122 valence electrons. The first-order valence-corrected chi connectivity index (χ1v) is 7.88. The van der Waals surface area contributed by atoms with Crippen LogP contribution >= 0.6 is 0 Å². The van der Waals surface area contributed by atoms with E-state index in [1.54, 1.807) is 6.92 Å². The Morgan fingerprint density at radius 2 is 1.52 bits per heavy atom. The van der Waals surface area contributed by atoms with E-state index in [9.17, 15) is 4.79 Å². The van der Waals surface area contributed by atoms with E-state index in [4.69, 9.17) is 17.2 Å². The van der Waals surface area contributed by atoms with Crippen LogP contribution in [0, 0.1) is 0 Å². The van der Waals surface area contributed by atoms with Gasteiger partial charge in [0.25, 0.3) is 0 Å². The third-order valence-corrected chi connectivity index (χ3v) is 4.29. The number of carbonyl (C=O) groups excluding carboxylic acids is 1. The van der Waals surface area contributed by atoms with Crippen LogP contribution < -0.4 is 17.2 Å². The van der Waals surface area contributed by atoms with Crippen molar-refractivity contribution in [1.82, 2.24) is 0 Å². The Morgan fingerprint density at radius 1 is 1.00 bits per heavy atom. The minimum Gasteiger partial charge on any atom is -0.368 e. The van der Waals surface area contributed by atoms with Gasteiger partial charge in [0.1, 0.15) is 5.54 Å². The summed E-state index contributed by atoms with van der Waals surface area (Å²) in [5.41, 5.74) is 19.5. The molecule has 23 heavy (non-hydrogen) atoms. The van der Waals surface area contributed by atoms with E-state index in [0.717, 1.165) is 24.8 Å². The van der Waals surface area contributed by atoms with Crippen LogP contribution in [0.15, 0.2) is 54.6 Å². The van der Waals surface area contributed by atoms with Crippen molar-refractivity contribution in [2.45, 2.75) is 37.8 Å². The van der Waals surface area contributed by atoms with Crippen LogP contribution in [0.2, 0.25) is 0 Å². The Morgan fingerprint density at radius 3 is 2.04 bits per heavy atom. The fourth-order valence-corrected chi connectivity index (χ4v) is 2.53. The standard InChI is InChI=1S/C19H25N3O/c1-19(22,18(21)23)17(20)16-12-10-15(11-13-16)9-5-8-14-6-3-2-4-7-14/h2-4,6-7,10-13,17H,5,8-9,20,22H2,1H3,(H2,21,23). The van der Waals surface area contributed by atoms with E-state index in [-0.39, 0.29) is 0 Å². The molecule has 0 aromatic heterocycles. The van der Waals surface area contributed by atoms with Crippen molar-refractivity contribution in [2.75, 3.05) is 0 Å². The highest BCUT2D eigenvalue weighted by atomic mass is 16.1. The van der Waals surface area contributed by atoms with Crippen LogP contribution in [0.25, 0.3) is 0 Å². The molecule has 2 unspecified atom stereocenters. The summed E-state index contributed by atoms with van der Waals surface area (Å²) in [7, 11) is 0. The predicted molar refractivity (Wildman–Crippen MR) is 93.6 cm³/mol. The third-order valence-electron chi connectivity index (χ3n) is 4.29. The molecule has 0 saturated heterocycles. The number of carbonyl (C=O) groups is 1. The van der Waals surface area contributed by atoms with Crippen molar-refractivity contribution < 1.29 is 4.79 Å². The number of amides is 1. The zero-order valence-corrected chi connectivity index (χ0v) is 13.5. The summed E-state index contributed by atoms with van der Waals surface area (Å²) in [5, 5.41) is 0. The number of aryl methyl sites for hydroxylation is 2. The van der Waals surface area contributed by atoms with Crippen molar-refractivity contribution >= 4 is 5.91 Å². The summed E-state index contributed by atoms with van der Waals surface area (Å²) in [6.07, 6.45) is 3.15. The summed E-state index contributed by atoms with van der Waals surface area (Å²) in [5.74, 6) is -0.600. The lowest BCUT2D eigenvalue weighted by Crippen LogP contribution is -2.56. The maximum Gasteiger partial charge on any atom is 0.239 e. The van der Waals surface area contributed by atoms with Crippen molar-refractivity contribution in [3.63, 3.8) is 0 Å². The highest BCUT2D eigenvalue weighted by Crippen LogP contribution is 2.22. The zero-order valence-electron chi connectivity index (χ0n) is 13.5. The number of hydrogen-bond acceptors (Lipinski definition) is 3.